The van der Waals surface area contributed by atoms with Crippen LogP contribution in [0.4, 0.5) is 11.6 Å². The van der Waals surface area contributed by atoms with Gasteiger partial charge in [-0.2, -0.15) is 0 Å². The Bertz CT molecular complexity index is 770. The highest BCUT2D eigenvalue weighted by Gasteiger charge is 2.08. The molecule has 7 heteroatoms. The lowest BCUT2D eigenvalue weighted by atomic mass is 10.3. The predicted molar refractivity (Wildman–Crippen MR) is 87.0 cm³/mol. The van der Waals surface area contributed by atoms with Gasteiger partial charge >= 0.3 is 0 Å². The highest BCUT2D eigenvalue weighted by molar-refractivity contribution is 6.30. The van der Waals surface area contributed by atoms with E-state index in [1.165, 1.54) is 0 Å². The molecule has 0 spiro atoms. The molecule has 6 nitrogen and oxygen atoms in total. The van der Waals surface area contributed by atoms with Crippen molar-refractivity contribution in [1.82, 2.24) is 19.5 Å². The molecule has 112 valence electrons. The molecule has 0 unspecified atom stereocenters. The largest absolute Gasteiger partial charge is 0.329 e. The van der Waals surface area contributed by atoms with Crippen molar-refractivity contribution < 1.29 is 0 Å². The van der Waals surface area contributed by atoms with Gasteiger partial charge in [0.25, 0.3) is 0 Å². The molecule has 0 saturated carbocycles. The van der Waals surface area contributed by atoms with Crippen molar-refractivity contribution in [1.29, 1.82) is 0 Å². The maximum absolute atomic E-state index is 5.97. The molecule has 0 aliphatic heterocycles. The number of aromatic nitrogens is 4. The van der Waals surface area contributed by atoms with Crippen LogP contribution in [0.1, 0.15) is 0 Å². The summed E-state index contributed by atoms with van der Waals surface area (Å²) in [5.41, 5.74) is 8.13. The standard InChI is InChI=1S/C15H15ClN6/c16-11-2-1-3-12(8-11)20-15-19-6-4-13(21-15)14-9-18-10-22(14)7-5-17/h1-4,6,8-10H,5,7,17H2,(H,19,20,21). The third-order valence-electron chi connectivity index (χ3n) is 3.08. The fourth-order valence-corrected chi connectivity index (χ4v) is 2.30. The van der Waals surface area contributed by atoms with E-state index in [1.807, 2.05) is 34.9 Å². The number of rotatable bonds is 5. The number of hydrogen-bond acceptors (Lipinski definition) is 5. The third kappa shape index (κ3) is 3.24. The Balaban J connectivity index is 1.88. The van der Waals surface area contributed by atoms with Crippen molar-refractivity contribution in [2.75, 3.05) is 11.9 Å². The Morgan fingerprint density at radius 2 is 2.18 bits per heavy atom. The molecule has 22 heavy (non-hydrogen) atoms. The summed E-state index contributed by atoms with van der Waals surface area (Å²) in [7, 11) is 0. The lowest BCUT2D eigenvalue weighted by Gasteiger charge is -2.08. The van der Waals surface area contributed by atoms with E-state index < -0.39 is 0 Å². The number of benzene rings is 1. The van der Waals surface area contributed by atoms with Crippen molar-refractivity contribution in [2.45, 2.75) is 6.54 Å². The van der Waals surface area contributed by atoms with Crippen molar-refractivity contribution in [2.24, 2.45) is 5.73 Å². The fourth-order valence-electron chi connectivity index (χ4n) is 2.11. The molecule has 0 radical (unpaired) electrons. The van der Waals surface area contributed by atoms with Crippen LogP contribution in [-0.4, -0.2) is 26.1 Å². The Labute approximate surface area is 133 Å². The second-order valence-electron chi connectivity index (χ2n) is 4.66. The average Bonchev–Trinajstić information content (AvgIpc) is 2.96. The summed E-state index contributed by atoms with van der Waals surface area (Å²) < 4.78 is 1.96. The SMILES string of the molecule is NCCn1cncc1-c1ccnc(Nc2cccc(Cl)c2)n1. The molecule has 1 aromatic carbocycles. The molecular weight excluding hydrogens is 300 g/mol. The molecule has 0 amide bonds. The van der Waals surface area contributed by atoms with E-state index in [-0.39, 0.29) is 0 Å². The minimum Gasteiger partial charge on any atom is -0.329 e. The molecule has 0 aliphatic rings. The molecule has 2 aromatic heterocycles. The first kappa shape index (κ1) is 14.5. The van der Waals surface area contributed by atoms with Crippen molar-refractivity contribution in [3.8, 4) is 11.4 Å². The lowest BCUT2D eigenvalue weighted by molar-refractivity contribution is 0.712. The summed E-state index contributed by atoms with van der Waals surface area (Å²) in [5, 5.41) is 3.79. The summed E-state index contributed by atoms with van der Waals surface area (Å²) in [6, 6.07) is 9.24. The highest BCUT2D eigenvalue weighted by Crippen LogP contribution is 2.21. The highest BCUT2D eigenvalue weighted by atomic mass is 35.5. The van der Waals surface area contributed by atoms with Gasteiger partial charge in [0, 0.05) is 30.0 Å². The van der Waals surface area contributed by atoms with Crippen molar-refractivity contribution in [3.63, 3.8) is 0 Å². The number of nitrogens with zero attached hydrogens (tertiary/aromatic N) is 4. The number of nitrogens with one attached hydrogen (secondary N) is 1. The van der Waals surface area contributed by atoms with Gasteiger partial charge in [0.2, 0.25) is 5.95 Å². The zero-order chi connectivity index (χ0) is 15.4. The maximum atomic E-state index is 5.97. The van der Waals surface area contributed by atoms with Gasteiger partial charge in [0.1, 0.15) is 0 Å². The second-order valence-corrected chi connectivity index (χ2v) is 5.10. The first-order valence-electron chi connectivity index (χ1n) is 6.82. The number of anilines is 2. The quantitative estimate of drug-likeness (QED) is 0.756. The van der Waals surface area contributed by atoms with Gasteiger partial charge in [-0.3, -0.25) is 0 Å². The molecule has 2 heterocycles. The van der Waals surface area contributed by atoms with Crippen molar-refractivity contribution >= 4 is 23.2 Å². The Morgan fingerprint density at radius 3 is 3.00 bits per heavy atom. The van der Waals surface area contributed by atoms with Gasteiger partial charge in [0.15, 0.2) is 0 Å². The zero-order valence-corrected chi connectivity index (χ0v) is 12.5. The molecule has 0 bridgehead atoms. The second kappa shape index (κ2) is 6.55. The van der Waals surface area contributed by atoms with Crippen LogP contribution in [0, 0.1) is 0 Å². The van der Waals surface area contributed by atoms with E-state index in [0.717, 1.165) is 17.1 Å². The van der Waals surface area contributed by atoms with Crippen LogP contribution in [0.25, 0.3) is 11.4 Å². The van der Waals surface area contributed by atoms with E-state index in [2.05, 4.69) is 20.3 Å². The predicted octanol–water partition coefficient (Wildman–Crippen LogP) is 2.70. The molecule has 0 saturated heterocycles. The van der Waals surface area contributed by atoms with E-state index in [1.54, 1.807) is 18.7 Å². The monoisotopic (exact) mass is 314 g/mol. The van der Waals surface area contributed by atoms with Crippen LogP contribution in [0.5, 0.6) is 0 Å². The van der Waals surface area contributed by atoms with Gasteiger partial charge < -0.3 is 15.6 Å². The van der Waals surface area contributed by atoms with Crippen LogP contribution in [-0.2, 0) is 6.54 Å². The van der Waals surface area contributed by atoms with E-state index >= 15 is 0 Å². The van der Waals surface area contributed by atoms with Gasteiger partial charge in [0.05, 0.1) is 23.9 Å². The number of imidazole rings is 1. The summed E-state index contributed by atoms with van der Waals surface area (Å²) >= 11 is 5.97. The average molecular weight is 315 g/mol. The van der Waals surface area contributed by atoms with Gasteiger partial charge in [-0.05, 0) is 24.3 Å². The molecule has 0 aliphatic carbocycles. The van der Waals surface area contributed by atoms with Crippen LogP contribution in [0.2, 0.25) is 5.02 Å². The van der Waals surface area contributed by atoms with Crippen LogP contribution < -0.4 is 11.1 Å². The molecule has 3 N–H and O–H groups in total. The Kier molecular flexibility index (Phi) is 4.32. The zero-order valence-electron chi connectivity index (χ0n) is 11.8. The van der Waals surface area contributed by atoms with Gasteiger partial charge in [-0.1, -0.05) is 17.7 Å². The lowest BCUT2D eigenvalue weighted by Crippen LogP contribution is -2.10. The topological polar surface area (TPSA) is 81.7 Å². The molecular formula is C15H15ClN6. The molecule has 3 rings (SSSR count). The third-order valence-corrected chi connectivity index (χ3v) is 3.32. The molecule has 0 fully saturated rings. The fraction of sp³-hybridized carbons (Fsp3) is 0.133. The van der Waals surface area contributed by atoms with E-state index in [4.69, 9.17) is 17.3 Å². The minimum absolute atomic E-state index is 0.500. The summed E-state index contributed by atoms with van der Waals surface area (Å²) in [6.07, 6.45) is 5.21. The van der Waals surface area contributed by atoms with Crippen LogP contribution >= 0.6 is 11.6 Å². The molecule has 0 atom stereocenters. The summed E-state index contributed by atoms with van der Waals surface area (Å²) in [5.74, 6) is 0.500. The summed E-state index contributed by atoms with van der Waals surface area (Å²) in [6.45, 7) is 1.23. The van der Waals surface area contributed by atoms with Gasteiger partial charge in [-0.15, -0.1) is 0 Å². The van der Waals surface area contributed by atoms with E-state index in [0.29, 0.717) is 24.1 Å². The van der Waals surface area contributed by atoms with Crippen LogP contribution in [0.3, 0.4) is 0 Å². The summed E-state index contributed by atoms with van der Waals surface area (Å²) in [4.78, 5) is 12.9. The van der Waals surface area contributed by atoms with E-state index in [9.17, 15) is 0 Å². The van der Waals surface area contributed by atoms with Crippen LogP contribution in [0.15, 0.2) is 49.1 Å². The van der Waals surface area contributed by atoms with Gasteiger partial charge in [-0.25, -0.2) is 15.0 Å². The first-order valence-corrected chi connectivity index (χ1v) is 7.20. The number of nitrogens with two attached hydrogens (primary N) is 1. The maximum Gasteiger partial charge on any atom is 0.227 e. The first-order chi connectivity index (χ1) is 10.8. The minimum atomic E-state index is 0.500. The number of halogens is 1. The van der Waals surface area contributed by atoms with Crippen molar-refractivity contribution in [3.05, 3.63) is 54.1 Å². The normalized spacial score (nSPS) is 10.6. The smallest absolute Gasteiger partial charge is 0.227 e. The Morgan fingerprint density at radius 1 is 1.27 bits per heavy atom. The number of hydrogen-bond donors (Lipinski definition) is 2. The Hall–Kier alpha value is -2.44. The molecule has 3 aromatic rings.